The number of halogens is 1. The molecule has 0 radical (unpaired) electrons. The van der Waals surface area contributed by atoms with Crippen molar-refractivity contribution in [2.45, 2.75) is 38.1 Å². The van der Waals surface area contributed by atoms with Gasteiger partial charge in [0.25, 0.3) is 0 Å². The summed E-state index contributed by atoms with van der Waals surface area (Å²) in [5.41, 5.74) is 0.899. The van der Waals surface area contributed by atoms with Crippen LogP contribution in [0.15, 0.2) is 24.3 Å². The highest BCUT2D eigenvalue weighted by molar-refractivity contribution is 6.28. The lowest BCUT2D eigenvalue weighted by Gasteiger charge is -2.23. The zero-order chi connectivity index (χ0) is 12.4. The van der Waals surface area contributed by atoms with Crippen LogP contribution in [0.1, 0.15) is 32.1 Å². The summed E-state index contributed by atoms with van der Waals surface area (Å²) in [5.74, 6) is 0.873. The van der Waals surface area contributed by atoms with Crippen molar-refractivity contribution in [1.82, 2.24) is 9.97 Å². The van der Waals surface area contributed by atoms with Crippen molar-refractivity contribution in [1.29, 1.82) is 0 Å². The van der Waals surface area contributed by atoms with Crippen LogP contribution in [0.3, 0.4) is 0 Å². The van der Waals surface area contributed by atoms with Crippen LogP contribution in [0.4, 0.5) is 5.82 Å². The van der Waals surface area contributed by atoms with Crippen molar-refractivity contribution in [3.63, 3.8) is 0 Å². The molecule has 1 aliphatic carbocycles. The van der Waals surface area contributed by atoms with Gasteiger partial charge in [0, 0.05) is 11.4 Å². The molecule has 0 unspecified atom stereocenters. The summed E-state index contributed by atoms with van der Waals surface area (Å²) in [6.45, 7) is 0. The van der Waals surface area contributed by atoms with Crippen LogP contribution in [0.5, 0.6) is 0 Å². The highest BCUT2D eigenvalue weighted by Gasteiger charge is 2.15. The highest BCUT2D eigenvalue weighted by Crippen LogP contribution is 2.26. The number of fused-ring (bicyclic) bond motifs is 1. The summed E-state index contributed by atoms with van der Waals surface area (Å²) in [6, 6.07) is 8.50. The minimum atomic E-state index is 0.312. The molecule has 3 rings (SSSR count). The molecule has 1 aromatic heterocycles. The Bertz CT molecular complexity index is 550. The molecule has 0 amide bonds. The minimum absolute atomic E-state index is 0.312. The van der Waals surface area contributed by atoms with Gasteiger partial charge in [-0.05, 0) is 36.6 Å². The molecule has 3 nitrogen and oxygen atoms in total. The molecular formula is C14H16ClN3. The van der Waals surface area contributed by atoms with Gasteiger partial charge >= 0.3 is 0 Å². The first kappa shape index (κ1) is 11.7. The zero-order valence-corrected chi connectivity index (χ0v) is 11.0. The Labute approximate surface area is 112 Å². The quantitative estimate of drug-likeness (QED) is 0.830. The van der Waals surface area contributed by atoms with Gasteiger partial charge in [0.05, 0.1) is 5.52 Å². The maximum absolute atomic E-state index is 5.98. The molecule has 1 aliphatic rings. The smallest absolute Gasteiger partial charge is 0.224 e. The van der Waals surface area contributed by atoms with Gasteiger partial charge < -0.3 is 5.32 Å². The fourth-order valence-electron chi connectivity index (χ4n) is 2.60. The number of aromatic nitrogens is 2. The number of anilines is 1. The molecule has 1 N–H and O–H groups in total. The Hall–Kier alpha value is -1.35. The van der Waals surface area contributed by atoms with Gasteiger partial charge in [0.15, 0.2) is 0 Å². The largest absolute Gasteiger partial charge is 0.367 e. The van der Waals surface area contributed by atoms with Crippen LogP contribution < -0.4 is 5.32 Å². The van der Waals surface area contributed by atoms with Crippen molar-refractivity contribution in [2.75, 3.05) is 5.32 Å². The molecule has 0 spiro atoms. The molecule has 0 saturated heterocycles. The number of nitrogens with one attached hydrogen (secondary N) is 1. The molecule has 1 heterocycles. The Morgan fingerprint density at radius 3 is 2.67 bits per heavy atom. The Balaban J connectivity index is 1.94. The second-order valence-electron chi connectivity index (χ2n) is 4.84. The van der Waals surface area contributed by atoms with Gasteiger partial charge in [0.2, 0.25) is 5.28 Å². The number of hydrogen-bond acceptors (Lipinski definition) is 3. The first-order chi connectivity index (χ1) is 8.83. The lowest BCUT2D eigenvalue weighted by Crippen LogP contribution is -2.23. The van der Waals surface area contributed by atoms with Gasteiger partial charge in [0.1, 0.15) is 5.82 Å². The van der Waals surface area contributed by atoms with E-state index >= 15 is 0 Å². The zero-order valence-electron chi connectivity index (χ0n) is 10.2. The summed E-state index contributed by atoms with van der Waals surface area (Å²) in [5, 5.41) is 4.89. The average molecular weight is 262 g/mol. The topological polar surface area (TPSA) is 37.8 Å². The lowest BCUT2D eigenvalue weighted by molar-refractivity contribution is 0.462. The second kappa shape index (κ2) is 5.11. The summed E-state index contributed by atoms with van der Waals surface area (Å²) in [4.78, 5) is 8.58. The van der Waals surface area contributed by atoms with E-state index in [1.165, 1.54) is 32.1 Å². The third-order valence-corrected chi connectivity index (χ3v) is 3.69. The van der Waals surface area contributed by atoms with Crippen molar-refractivity contribution in [3.8, 4) is 0 Å². The van der Waals surface area contributed by atoms with Crippen LogP contribution in [-0.4, -0.2) is 16.0 Å². The Morgan fingerprint density at radius 2 is 1.83 bits per heavy atom. The number of nitrogens with zero attached hydrogens (tertiary/aromatic N) is 2. The monoisotopic (exact) mass is 261 g/mol. The van der Waals surface area contributed by atoms with E-state index in [1.807, 2.05) is 24.3 Å². The number of rotatable bonds is 2. The van der Waals surface area contributed by atoms with Gasteiger partial charge in [-0.2, -0.15) is 0 Å². The van der Waals surface area contributed by atoms with Crippen LogP contribution >= 0.6 is 11.6 Å². The van der Waals surface area contributed by atoms with E-state index in [4.69, 9.17) is 11.6 Å². The molecule has 1 fully saturated rings. The van der Waals surface area contributed by atoms with E-state index in [2.05, 4.69) is 15.3 Å². The third-order valence-electron chi connectivity index (χ3n) is 3.52. The molecule has 18 heavy (non-hydrogen) atoms. The predicted molar refractivity (Wildman–Crippen MR) is 75.0 cm³/mol. The van der Waals surface area contributed by atoms with Gasteiger partial charge in [-0.25, -0.2) is 9.97 Å². The molecule has 1 aromatic carbocycles. The van der Waals surface area contributed by atoms with Crippen molar-refractivity contribution >= 4 is 28.3 Å². The molecule has 4 heteroatoms. The van der Waals surface area contributed by atoms with Crippen LogP contribution in [0.2, 0.25) is 5.28 Å². The van der Waals surface area contributed by atoms with E-state index in [0.29, 0.717) is 11.3 Å². The molecule has 94 valence electrons. The van der Waals surface area contributed by atoms with Crippen LogP contribution in [0.25, 0.3) is 10.9 Å². The summed E-state index contributed by atoms with van der Waals surface area (Å²) >= 11 is 5.98. The standard InChI is InChI=1S/C14H16ClN3/c15-14-17-12-9-5-4-8-11(12)13(18-14)16-10-6-2-1-3-7-10/h4-5,8-10H,1-3,6-7H2,(H,16,17,18). The van der Waals surface area contributed by atoms with E-state index < -0.39 is 0 Å². The fourth-order valence-corrected chi connectivity index (χ4v) is 2.77. The molecule has 1 saturated carbocycles. The van der Waals surface area contributed by atoms with Crippen molar-refractivity contribution < 1.29 is 0 Å². The van der Waals surface area contributed by atoms with Crippen LogP contribution in [-0.2, 0) is 0 Å². The maximum atomic E-state index is 5.98. The van der Waals surface area contributed by atoms with E-state index in [0.717, 1.165) is 16.7 Å². The second-order valence-corrected chi connectivity index (χ2v) is 5.18. The molecule has 0 aliphatic heterocycles. The van der Waals surface area contributed by atoms with Crippen molar-refractivity contribution in [3.05, 3.63) is 29.5 Å². The molecule has 2 aromatic rings. The molecule has 0 atom stereocenters. The fraction of sp³-hybridized carbons (Fsp3) is 0.429. The summed E-state index contributed by atoms with van der Waals surface area (Å²) in [7, 11) is 0. The first-order valence-electron chi connectivity index (χ1n) is 6.52. The van der Waals surface area contributed by atoms with E-state index in [9.17, 15) is 0 Å². The lowest BCUT2D eigenvalue weighted by atomic mass is 9.95. The SMILES string of the molecule is Clc1nc(NC2CCCCC2)c2ccccc2n1. The first-order valence-corrected chi connectivity index (χ1v) is 6.89. The summed E-state index contributed by atoms with van der Waals surface area (Å²) in [6.07, 6.45) is 6.39. The predicted octanol–water partition coefficient (Wildman–Crippen LogP) is 4.03. The Kier molecular flexibility index (Phi) is 3.33. The normalized spacial score (nSPS) is 16.9. The number of hydrogen-bond donors (Lipinski definition) is 1. The van der Waals surface area contributed by atoms with E-state index in [1.54, 1.807) is 0 Å². The highest BCUT2D eigenvalue weighted by atomic mass is 35.5. The van der Waals surface area contributed by atoms with E-state index in [-0.39, 0.29) is 0 Å². The summed E-state index contributed by atoms with van der Waals surface area (Å²) < 4.78 is 0. The maximum Gasteiger partial charge on any atom is 0.224 e. The minimum Gasteiger partial charge on any atom is -0.367 e. The average Bonchev–Trinajstić information content (AvgIpc) is 2.40. The van der Waals surface area contributed by atoms with Gasteiger partial charge in [-0.1, -0.05) is 31.4 Å². The molecule has 0 bridgehead atoms. The van der Waals surface area contributed by atoms with Gasteiger partial charge in [-0.15, -0.1) is 0 Å². The number of para-hydroxylation sites is 1. The van der Waals surface area contributed by atoms with Crippen LogP contribution in [0, 0.1) is 0 Å². The van der Waals surface area contributed by atoms with Crippen molar-refractivity contribution in [2.24, 2.45) is 0 Å². The van der Waals surface area contributed by atoms with Gasteiger partial charge in [-0.3, -0.25) is 0 Å². The number of benzene rings is 1. The Morgan fingerprint density at radius 1 is 1.06 bits per heavy atom. The third kappa shape index (κ3) is 2.41. The molecular weight excluding hydrogens is 246 g/mol.